The first kappa shape index (κ1) is 44.9. The van der Waals surface area contributed by atoms with Crippen LogP contribution in [0.15, 0.2) is 0 Å². The van der Waals surface area contributed by atoms with Gasteiger partial charge in [0.2, 0.25) is 139 Å². The second-order valence-corrected chi connectivity index (χ2v) is 8.00. The molecule has 0 unspecified atom stereocenters. The fourth-order valence-corrected chi connectivity index (χ4v) is 2.61. The summed E-state index contributed by atoms with van der Waals surface area (Å²) in [6.07, 6.45) is 0. The molecule has 0 spiro atoms. The molecule has 0 aliphatic heterocycles. The predicted molar refractivity (Wildman–Crippen MR) is 123 cm³/mol. The van der Waals surface area contributed by atoms with E-state index in [0.717, 1.165) is 7.11 Å². The maximum absolute atomic E-state index is 12.6. The molecule has 1 radical (unpaired) electrons. The Hall–Kier alpha value is -5.10. The molecule has 0 fully saturated rings. The van der Waals surface area contributed by atoms with Gasteiger partial charge in [0, 0.05) is 22.4 Å². The molecule has 4 aromatic rings. The van der Waals surface area contributed by atoms with Gasteiger partial charge in [0.1, 0.15) is 0 Å². The van der Waals surface area contributed by atoms with E-state index in [4.69, 9.17) is 35.7 Å². The van der Waals surface area contributed by atoms with Gasteiger partial charge in [0.05, 0.1) is 7.11 Å². The van der Waals surface area contributed by atoms with Crippen LogP contribution in [0.25, 0.3) is 0 Å². The van der Waals surface area contributed by atoms with Gasteiger partial charge in [-0.1, -0.05) is 0 Å². The first-order valence-electron chi connectivity index (χ1n) is 11.2. The van der Waals surface area contributed by atoms with Crippen molar-refractivity contribution in [1.82, 2.24) is 0 Å². The van der Waals surface area contributed by atoms with Gasteiger partial charge in [-0.2, -0.15) is 35.1 Å². The molecule has 0 heterocycles. The van der Waals surface area contributed by atoms with Crippen molar-refractivity contribution in [3.8, 4) is 46.0 Å². The van der Waals surface area contributed by atoms with E-state index >= 15 is 0 Å². The zero-order chi connectivity index (χ0) is 38.6. The van der Waals surface area contributed by atoms with Crippen molar-refractivity contribution in [1.29, 1.82) is 0 Å². The Morgan fingerprint density at radius 1 is 0.260 bits per heavy atom. The van der Waals surface area contributed by atoms with Crippen molar-refractivity contribution in [2.45, 2.75) is 0 Å². The molecule has 50 heavy (non-hydrogen) atoms. The van der Waals surface area contributed by atoms with Gasteiger partial charge in [-0.05, 0) is 0 Å². The van der Waals surface area contributed by atoms with Crippen LogP contribution in [0.3, 0.4) is 0 Å². The minimum Gasteiger partial charge on any atom is -0.502 e. The van der Waals surface area contributed by atoms with Crippen LogP contribution in [-0.4, -0.2) is 42.9 Å². The molecule has 275 valence electrons. The Morgan fingerprint density at radius 2 is 0.400 bits per heavy atom. The van der Waals surface area contributed by atoms with Gasteiger partial charge in [0.25, 0.3) is 0 Å². The normalized spacial score (nSPS) is 10.1. The quantitative estimate of drug-likeness (QED) is 0.0471. The van der Waals surface area contributed by atoms with Crippen molar-refractivity contribution in [2.24, 2.45) is 0 Å². The van der Waals surface area contributed by atoms with E-state index in [2.05, 4.69) is 4.74 Å². The summed E-state index contributed by atoms with van der Waals surface area (Å²) in [6, 6.07) is 0. The molecule has 25 heteroatoms. The first-order chi connectivity index (χ1) is 22.4. The zero-order valence-corrected chi connectivity index (χ0v) is 26.2. The summed E-state index contributed by atoms with van der Waals surface area (Å²) < 4.78 is 201. The molecule has 0 atom stereocenters. The maximum atomic E-state index is 12.6. The molecule has 0 aliphatic rings. The van der Waals surface area contributed by atoms with Gasteiger partial charge in [0.15, 0.2) is 0 Å². The Bertz CT molecular complexity index is 1410. The second kappa shape index (κ2) is 17.5. The Balaban J connectivity index is 0.000000636. The summed E-state index contributed by atoms with van der Waals surface area (Å²) in [6.45, 7) is 0. The van der Waals surface area contributed by atoms with Crippen molar-refractivity contribution in [3.63, 3.8) is 0 Å². The monoisotopic (exact) mass is 923 g/mol. The minimum atomic E-state index is -2.16. The summed E-state index contributed by atoms with van der Waals surface area (Å²) >= 11 is 0. The van der Waals surface area contributed by atoms with Gasteiger partial charge in [-0.3, -0.25) is 0 Å². The SMILES string of the molecule is COc1c(O)c(F)c(F)c(F)c1F.Oc1c(O)c(F)c(F)c(F)c1F.Oc1c(O)c(F)c(F)c(F)c1F.Oc1c(O)c(F)c(F)c(F)c1F.[Ta]. The number of hydrogen-bond donors (Lipinski definition) is 7. The Labute approximate surface area is 279 Å². The number of phenols is 7. The van der Waals surface area contributed by atoms with Crippen molar-refractivity contribution < 1.29 is 133 Å². The van der Waals surface area contributed by atoms with E-state index in [-0.39, 0.29) is 22.4 Å². The zero-order valence-electron chi connectivity index (χ0n) is 23.0. The number of ether oxygens (including phenoxy) is 1. The van der Waals surface area contributed by atoms with Crippen LogP contribution in [0, 0.1) is 93.1 Å². The maximum Gasteiger partial charge on any atom is 0.207 e. The molecule has 4 rings (SSSR count). The van der Waals surface area contributed by atoms with E-state index in [1.807, 2.05) is 0 Å². The Kier molecular flexibility index (Phi) is 15.7. The number of methoxy groups -OCH3 is 1. The number of aromatic hydroxyl groups is 7. The van der Waals surface area contributed by atoms with E-state index in [9.17, 15) is 70.2 Å². The van der Waals surface area contributed by atoms with Crippen LogP contribution in [0.1, 0.15) is 0 Å². The predicted octanol–water partition coefficient (Wildman–Crippen LogP) is 6.92. The van der Waals surface area contributed by atoms with Crippen LogP contribution < -0.4 is 4.74 Å². The first-order valence-corrected chi connectivity index (χ1v) is 11.2. The molecule has 4 aromatic carbocycles. The minimum absolute atomic E-state index is 0. The van der Waals surface area contributed by atoms with E-state index in [0.29, 0.717) is 0 Å². The summed E-state index contributed by atoms with van der Waals surface area (Å²) in [5, 5.41) is 59.3. The molecule has 0 aromatic heterocycles. The van der Waals surface area contributed by atoms with Crippen LogP contribution in [0.4, 0.5) is 70.2 Å². The van der Waals surface area contributed by atoms with Crippen molar-refractivity contribution in [3.05, 3.63) is 93.1 Å². The molecule has 7 N–H and O–H groups in total. The fraction of sp³-hybridized carbons (Fsp3) is 0.0400. The summed E-state index contributed by atoms with van der Waals surface area (Å²) in [5.74, 6) is -45.2. The van der Waals surface area contributed by atoms with Gasteiger partial charge < -0.3 is 40.5 Å². The van der Waals surface area contributed by atoms with Crippen LogP contribution in [0.2, 0.25) is 0 Å². The largest absolute Gasteiger partial charge is 0.502 e. The Morgan fingerprint density at radius 3 is 0.560 bits per heavy atom. The number of rotatable bonds is 1. The molecule has 0 bridgehead atoms. The number of phenolic OH excluding ortho intramolecular Hbond substituents is 7. The number of benzene rings is 4. The van der Waals surface area contributed by atoms with Crippen LogP contribution >= 0.6 is 0 Å². The number of halogens is 16. The third-order valence-electron chi connectivity index (χ3n) is 5.06. The van der Waals surface area contributed by atoms with Crippen LogP contribution in [-0.2, 0) is 22.4 Å². The van der Waals surface area contributed by atoms with Gasteiger partial charge >= 0.3 is 0 Å². The molecule has 0 saturated carbocycles. The molecule has 8 nitrogen and oxygen atoms in total. The average molecular weight is 923 g/mol. The summed E-state index contributed by atoms with van der Waals surface area (Å²) in [4.78, 5) is 0. The summed E-state index contributed by atoms with van der Waals surface area (Å²) in [5.41, 5.74) is 0. The topological polar surface area (TPSA) is 151 Å². The standard InChI is InChI=1S/C7H4F4O2.3C6H2F4O2.Ta/c1-13-7-5(11)3(9)2(8)4(10)6(7)12;3*7-1-2(8)4(10)6(12)5(11)3(1)9;/h12H,1H3;3*11-12H;. The van der Waals surface area contributed by atoms with Crippen molar-refractivity contribution in [2.75, 3.05) is 7.11 Å². The van der Waals surface area contributed by atoms with E-state index in [1.165, 1.54) is 0 Å². The van der Waals surface area contributed by atoms with E-state index < -0.39 is 139 Å². The molecular weight excluding hydrogens is 913 g/mol. The van der Waals surface area contributed by atoms with Gasteiger partial charge in [-0.25, -0.2) is 35.1 Å². The van der Waals surface area contributed by atoms with Crippen LogP contribution in [0.5, 0.6) is 46.0 Å². The average Bonchev–Trinajstić information content (AvgIpc) is 3.09. The van der Waals surface area contributed by atoms with Gasteiger partial charge in [-0.15, -0.1) is 0 Å². The molecule has 0 saturated heterocycles. The third kappa shape index (κ3) is 8.73. The number of hydrogen-bond acceptors (Lipinski definition) is 8. The molecule has 0 amide bonds. The summed E-state index contributed by atoms with van der Waals surface area (Å²) in [7, 11) is 0.884. The molecular formula is C25H10F16O8Ta. The fourth-order valence-electron chi connectivity index (χ4n) is 2.61. The van der Waals surface area contributed by atoms with E-state index in [1.54, 1.807) is 0 Å². The second-order valence-electron chi connectivity index (χ2n) is 8.00. The molecule has 0 aliphatic carbocycles. The third-order valence-corrected chi connectivity index (χ3v) is 5.06. The van der Waals surface area contributed by atoms with Crippen molar-refractivity contribution >= 4 is 0 Å². The smallest absolute Gasteiger partial charge is 0.207 e.